The number of rotatable bonds is 3. The third kappa shape index (κ3) is 2.01. The Morgan fingerprint density at radius 3 is 2.82 bits per heavy atom. The van der Waals surface area contributed by atoms with E-state index in [2.05, 4.69) is 9.97 Å². The zero-order valence-electron chi connectivity index (χ0n) is 11.3. The van der Waals surface area contributed by atoms with Crippen LogP contribution in [0.15, 0.2) is 12.3 Å². The zero-order chi connectivity index (χ0) is 16.0. The first kappa shape index (κ1) is 14.7. The van der Waals surface area contributed by atoms with Crippen molar-refractivity contribution < 1.29 is 24.9 Å². The van der Waals surface area contributed by atoms with Gasteiger partial charge in [-0.1, -0.05) is 0 Å². The molecule has 1 saturated heterocycles. The van der Waals surface area contributed by atoms with Gasteiger partial charge >= 0.3 is 0 Å². The number of nitrogens with two attached hydrogens (primary N) is 1. The van der Waals surface area contributed by atoms with Crippen LogP contribution in [-0.2, 0) is 4.74 Å². The monoisotopic (exact) mass is 309 g/mol. The number of aromatic nitrogens is 3. The Kier molecular flexibility index (Phi) is 3.45. The molecule has 3 heterocycles. The number of H-pyrrole nitrogens is 1. The SMILES string of the molecule is N=c1nc(C(N)=O)n(C2OC(CO)C(O)C2O)c2[nH]ccc12. The molecule has 0 spiro atoms. The number of ether oxygens (including phenoxy) is 1. The summed E-state index contributed by atoms with van der Waals surface area (Å²) in [5.74, 6) is -1.21. The number of nitrogens with zero attached hydrogens (tertiary/aromatic N) is 2. The predicted octanol–water partition coefficient (Wildman–Crippen LogP) is -2.45. The van der Waals surface area contributed by atoms with Crippen molar-refractivity contribution in [2.75, 3.05) is 6.61 Å². The number of fused-ring (bicyclic) bond motifs is 1. The highest BCUT2D eigenvalue weighted by Crippen LogP contribution is 2.31. The molecule has 2 aromatic heterocycles. The second kappa shape index (κ2) is 5.18. The summed E-state index contributed by atoms with van der Waals surface area (Å²) in [5.41, 5.74) is 5.43. The number of hydrogen-bond acceptors (Lipinski definition) is 7. The second-order valence-corrected chi connectivity index (χ2v) is 4.99. The molecule has 2 aromatic rings. The molecule has 10 heteroatoms. The maximum atomic E-state index is 11.6. The fourth-order valence-electron chi connectivity index (χ4n) is 2.59. The Balaban J connectivity index is 2.24. The number of carbonyl (C=O) groups excluding carboxylic acids is 1. The molecule has 0 aromatic carbocycles. The normalized spacial score (nSPS) is 28.3. The second-order valence-electron chi connectivity index (χ2n) is 4.99. The molecule has 1 amide bonds. The lowest BCUT2D eigenvalue weighted by molar-refractivity contribution is -0.0522. The molecule has 0 aliphatic carbocycles. The van der Waals surface area contributed by atoms with E-state index in [1.54, 1.807) is 6.07 Å². The summed E-state index contributed by atoms with van der Waals surface area (Å²) in [7, 11) is 0. The van der Waals surface area contributed by atoms with E-state index in [4.69, 9.17) is 21.0 Å². The van der Waals surface area contributed by atoms with Crippen LogP contribution in [0.1, 0.15) is 16.8 Å². The molecular weight excluding hydrogens is 294 g/mol. The van der Waals surface area contributed by atoms with Gasteiger partial charge in [-0.2, -0.15) is 0 Å². The number of aliphatic hydroxyl groups is 3. The molecule has 22 heavy (non-hydrogen) atoms. The van der Waals surface area contributed by atoms with Crippen LogP contribution in [0, 0.1) is 5.41 Å². The largest absolute Gasteiger partial charge is 0.394 e. The van der Waals surface area contributed by atoms with Crippen molar-refractivity contribution in [3.05, 3.63) is 23.6 Å². The highest BCUT2D eigenvalue weighted by atomic mass is 16.6. The minimum atomic E-state index is -1.40. The van der Waals surface area contributed by atoms with Crippen molar-refractivity contribution in [2.24, 2.45) is 5.73 Å². The summed E-state index contributed by atoms with van der Waals surface area (Å²) in [6.45, 7) is -0.501. The van der Waals surface area contributed by atoms with Crippen molar-refractivity contribution in [1.82, 2.24) is 14.5 Å². The molecule has 0 radical (unpaired) electrons. The molecule has 1 aliphatic heterocycles. The zero-order valence-corrected chi connectivity index (χ0v) is 11.3. The highest BCUT2D eigenvalue weighted by Gasteiger charge is 2.44. The average Bonchev–Trinajstić information content (AvgIpc) is 3.07. The molecule has 1 fully saturated rings. The average molecular weight is 309 g/mol. The van der Waals surface area contributed by atoms with Crippen LogP contribution in [-0.4, -0.2) is 60.7 Å². The number of nitrogens with one attached hydrogen (secondary N) is 2. The summed E-state index contributed by atoms with van der Waals surface area (Å²) < 4.78 is 6.61. The lowest BCUT2D eigenvalue weighted by Gasteiger charge is -2.21. The van der Waals surface area contributed by atoms with Gasteiger partial charge in [-0.3, -0.25) is 14.8 Å². The number of hydrogen-bond donors (Lipinski definition) is 6. The smallest absolute Gasteiger partial charge is 0.284 e. The maximum Gasteiger partial charge on any atom is 0.284 e. The molecule has 4 unspecified atom stereocenters. The van der Waals surface area contributed by atoms with Crippen molar-refractivity contribution in [2.45, 2.75) is 24.5 Å². The summed E-state index contributed by atoms with van der Waals surface area (Å²) >= 11 is 0. The molecule has 4 atom stereocenters. The van der Waals surface area contributed by atoms with E-state index >= 15 is 0 Å². The maximum absolute atomic E-state index is 11.6. The van der Waals surface area contributed by atoms with Gasteiger partial charge < -0.3 is 30.8 Å². The Hall–Kier alpha value is -2.27. The topological polar surface area (TPSA) is 170 Å². The van der Waals surface area contributed by atoms with Crippen molar-refractivity contribution in [1.29, 1.82) is 5.41 Å². The van der Waals surface area contributed by atoms with Gasteiger partial charge in [-0.15, -0.1) is 0 Å². The van der Waals surface area contributed by atoms with E-state index in [0.29, 0.717) is 11.0 Å². The molecule has 10 nitrogen and oxygen atoms in total. The lowest BCUT2D eigenvalue weighted by Crippen LogP contribution is -2.35. The van der Waals surface area contributed by atoms with Crippen LogP contribution >= 0.6 is 0 Å². The van der Waals surface area contributed by atoms with Crippen molar-refractivity contribution in [3.63, 3.8) is 0 Å². The first-order chi connectivity index (χ1) is 10.5. The van der Waals surface area contributed by atoms with Crippen LogP contribution in [0.4, 0.5) is 0 Å². The molecule has 3 rings (SSSR count). The van der Waals surface area contributed by atoms with E-state index in [0.717, 1.165) is 0 Å². The standard InChI is InChI=1S/C12H15N5O5/c13-8-4-1-2-15-10(4)17(11(16-8)9(14)21)12-7(20)6(19)5(3-18)22-12/h1-2,5-7,12-13,15,18-20H,3H2,(H2,14,21). The van der Waals surface area contributed by atoms with Gasteiger partial charge in [0.05, 0.1) is 12.0 Å². The first-order valence-corrected chi connectivity index (χ1v) is 6.52. The summed E-state index contributed by atoms with van der Waals surface area (Å²) in [5, 5.41) is 37.4. The summed E-state index contributed by atoms with van der Waals surface area (Å²) in [6.07, 6.45) is -3.38. The minimum absolute atomic E-state index is 0.159. The fraction of sp³-hybridized carbons (Fsp3) is 0.417. The van der Waals surface area contributed by atoms with Gasteiger partial charge in [0.2, 0.25) is 5.82 Å². The van der Waals surface area contributed by atoms with Crippen molar-refractivity contribution in [3.8, 4) is 0 Å². The van der Waals surface area contributed by atoms with Crippen LogP contribution in [0.2, 0.25) is 0 Å². The quantitative estimate of drug-likeness (QED) is 0.367. The van der Waals surface area contributed by atoms with E-state index in [-0.39, 0.29) is 11.3 Å². The summed E-state index contributed by atoms with van der Waals surface area (Å²) in [6, 6.07) is 1.58. The predicted molar refractivity (Wildman–Crippen MR) is 71.5 cm³/mol. The van der Waals surface area contributed by atoms with Gasteiger partial charge in [0.25, 0.3) is 5.91 Å². The van der Waals surface area contributed by atoms with Crippen LogP contribution in [0.25, 0.3) is 11.0 Å². The molecule has 1 aliphatic rings. The Morgan fingerprint density at radius 2 is 2.23 bits per heavy atom. The number of amides is 1. The first-order valence-electron chi connectivity index (χ1n) is 6.52. The van der Waals surface area contributed by atoms with E-state index in [1.807, 2.05) is 0 Å². The molecule has 0 saturated carbocycles. The molecule has 118 valence electrons. The van der Waals surface area contributed by atoms with Crippen molar-refractivity contribution >= 4 is 16.9 Å². The Labute approximate surface area is 123 Å². The van der Waals surface area contributed by atoms with Gasteiger partial charge in [0, 0.05) is 6.20 Å². The molecular formula is C12H15N5O5. The van der Waals surface area contributed by atoms with E-state index < -0.39 is 37.1 Å². The molecule has 7 N–H and O–H groups in total. The van der Waals surface area contributed by atoms with E-state index in [9.17, 15) is 15.0 Å². The van der Waals surface area contributed by atoms with Gasteiger partial charge in [-0.25, -0.2) is 4.98 Å². The van der Waals surface area contributed by atoms with Crippen LogP contribution < -0.4 is 11.2 Å². The van der Waals surface area contributed by atoms with Gasteiger partial charge in [0.1, 0.15) is 24.0 Å². The Morgan fingerprint density at radius 1 is 1.50 bits per heavy atom. The van der Waals surface area contributed by atoms with Gasteiger partial charge in [0.15, 0.2) is 11.7 Å². The fourth-order valence-corrected chi connectivity index (χ4v) is 2.59. The summed E-state index contributed by atoms with van der Waals surface area (Å²) in [4.78, 5) is 18.3. The van der Waals surface area contributed by atoms with E-state index in [1.165, 1.54) is 10.8 Å². The van der Waals surface area contributed by atoms with Crippen LogP contribution in [0.3, 0.4) is 0 Å². The number of carbonyl (C=O) groups is 1. The third-order valence-corrected chi connectivity index (χ3v) is 3.66. The lowest BCUT2D eigenvalue weighted by atomic mass is 10.1. The Bertz CT molecular complexity index is 784. The molecule has 0 bridgehead atoms. The third-order valence-electron chi connectivity index (χ3n) is 3.66. The minimum Gasteiger partial charge on any atom is -0.394 e. The number of primary amides is 1. The number of aliphatic hydroxyl groups excluding tert-OH is 3. The van der Waals surface area contributed by atoms with Gasteiger partial charge in [-0.05, 0) is 6.07 Å². The van der Waals surface area contributed by atoms with Crippen LogP contribution in [0.5, 0.6) is 0 Å². The highest BCUT2D eigenvalue weighted by molar-refractivity contribution is 5.91. The number of aromatic amines is 1.